The van der Waals surface area contributed by atoms with Crippen LogP contribution in [0.15, 0.2) is 48.8 Å². The number of pyridine rings is 2. The Bertz CT molecular complexity index is 738. The largest absolute Gasteiger partial charge is 0.496 e. The van der Waals surface area contributed by atoms with Crippen LogP contribution in [-0.2, 0) is 0 Å². The molecule has 2 heterocycles. The summed E-state index contributed by atoms with van der Waals surface area (Å²) in [6, 6.07) is 12.2. The fourth-order valence-electron chi connectivity index (χ4n) is 2.20. The Balaban J connectivity index is 2.21. The van der Waals surface area contributed by atoms with Crippen molar-refractivity contribution in [2.75, 3.05) is 7.11 Å². The van der Waals surface area contributed by atoms with Crippen LogP contribution in [0.25, 0.3) is 22.0 Å². The number of hydrogen-bond acceptors (Lipinski definition) is 3. The summed E-state index contributed by atoms with van der Waals surface area (Å²) in [6.45, 7) is 1.99. The van der Waals surface area contributed by atoms with Gasteiger partial charge in [-0.25, -0.2) is 0 Å². The number of aryl methyl sites for hydroxylation is 1. The average molecular weight is 250 g/mol. The molecule has 0 atom stereocenters. The van der Waals surface area contributed by atoms with Gasteiger partial charge in [0.25, 0.3) is 0 Å². The van der Waals surface area contributed by atoms with Crippen LogP contribution in [0.5, 0.6) is 5.75 Å². The molecule has 2 aromatic heterocycles. The first-order valence-corrected chi connectivity index (χ1v) is 6.14. The van der Waals surface area contributed by atoms with Crippen molar-refractivity contribution in [1.82, 2.24) is 9.97 Å². The van der Waals surface area contributed by atoms with Crippen molar-refractivity contribution in [3.05, 3.63) is 54.5 Å². The van der Waals surface area contributed by atoms with Crippen molar-refractivity contribution in [2.24, 2.45) is 0 Å². The second-order valence-electron chi connectivity index (χ2n) is 4.43. The molecule has 94 valence electrons. The predicted molar refractivity (Wildman–Crippen MR) is 76.3 cm³/mol. The maximum atomic E-state index is 5.39. The zero-order valence-corrected chi connectivity index (χ0v) is 10.9. The number of benzene rings is 1. The summed E-state index contributed by atoms with van der Waals surface area (Å²) < 4.78 is 5.39. The monoisotopic (exact) mass is 250 g/mol. The molecule has 0 aliphatic carbocycles. The van der Waals surface area contributed by atoms with Gasteiger partial charge in [-0.3, -0.25) is 9.97 Å². The molecule has 0 bridgehead atoms. The Morgan fingerprint density at radius 3 is 2.47 bits per heavy atom. The summed E-state index contributed by atoms with van der Waals surface area (Å²) in [5.41, 5.74) is 4.24. The second kappa shape index (κ2) is 4.69. The molecule has 19 heavy (non-hydrogen) atoms. The number of ether oxygens (including phenoxy) is 1. The van der Waals surface area contributed by atoms with E-state index in [9.17, 15) is 0 Å². The Kier molecular flexibility index (Phi) is 2.88. The Labute approximate surface area is 111 Å². The van der Waals surface area contributed by atoms with Crippen molar-refractivity contribution in [2.45, 2.75) is 6.92 Å². The molecule has 3 heteroatoms. The van der Waals surface area contributed by atoms with Gasteiger partial charge >= 0.3 is 0 Å². The van der Waals surface area contributed by atoms with Crippen LogP contribution in [0.1, 0.15) is 5.69 Å². The fraction of sp³-hybridized carbons (Fsp3) is 0.125. The molecule has 0 aliphatic rings. The number of methoxy groups -OCH3 is 1. The minimum absolute atomic E-state index is 0.845. The third kappa shape index (κ3) is 2.15. The maximum Gasteiger partial charge on any atom is 0.129 e. The van der Waals surface area contributed by atoms with E-state index in [1.165, 1.54) is 0 Å². The summed E-state index contributed by atoms with van der Waals surface area (Å²) in [7, 11) is 1.68. The molecule has 0 unspecified atom stereocenters. The van der Waals surface area contributed by atoms with Gasteiger partial charge in [0, 0.05) is 23.5 Å². The van der Waals surface area contributed by atoms with Gasteiger partial charge in [-0.1, -0.05) is 6.07 Å². The molecule has 0 radical (unpaired) electrons. The molecule has 3 aromatic rings. The lowest BCUT2D eigenvalue weighted by Crippen LogP contribution is -1.88. The van der Waals surface area contributed by atoms with Crippen LogP contribution in [0.4, 0.5) is 0 Å². The lowest BCUT2D eigenvalue weighted by molar-refractivity contribution is 0.419. The second-order valence-corrected chi connectivity index (χ2v) is 4.43. The van der Waals surface area contributed by atoms with Crippen LogP contribution in [0, 0.1) is 6.92 Å². The molecule has 0 N–H and O–H groups in total. The van der Waals surface area contributed by atoms with Crippen molar-refractivity contribution >= 4 is 10.9 Å². The molecule has 0 spiro atoms. The van der Waals surface area contributed by atoms with E-state index < -0.39 is 0 Å². The molecule has 0 aliphatic heterocycles. The van der Waals surface area contributed by atoms with Crippen molar-refractivity contribution in [3.63, 3.8) is 0 Å². The molecule has 0 amide bonds. The molecule has 0 saturated carbocycles. The van der Waals surface area contributed by atoms with Crippen LogP contribution < -0.4 is 4.74 Å². The van der Waals surface area contributed by atoms with Crippen LogP contribution in [0.2, 0.25) is 0 Å². The van der Waals surface area contributed by atoms with Gasteiger partial charge in [-0.05, 0) is 48.4 Å². The highest BCUT2D eigenvalue weighted by Crippen LogP contribution is 2.29. The third-order valence-corrected chi connectivity index (χ3v) is 3.15. The smallest absolute Gasteiger partial charge is 0.129 e. The summed E-state index contributed by atoms with van der Waals surface area (Å²) in [5, 5.41) is 1.02. The molecule has 1 aromatic carbocycles. The zero-order valence-electron chi connectivity index (χ0n) is 10.9. The number of nitrogens with zero attached hydrogens (tertiary/aromatic N) is 2. The highest BCUT2D eigenvalue weighted by atomic mass is 16.5. The highest BCUT2D eigenvalue weighted by Gasteiger charge is 2.05. The Morgan fingerprint density at radius 1 is 0.895 bits per heavy atom. The summed E-state index contributed by atoms with van der Waals surface area (Å²) in [6.07, 6.45) is 3.59. The topological polar surface area (TPSA) is 35.0 Å². The van der Waals surface area contributed by atoms with Gasteiger partial charge in [-0.15, -0.1) is 0 Å². The first-order chi connectivity index (χ1) is 9.28. The quantitative estimate of drug-likeness (QED) is 0.696. The SMILES string of the molecule is COc1ccnc2ccc(-c3ccnc(C)c3)cc12. The lowest BCUT2D eigenvalue weighted by Gasteiger charge is -2.07. The minimum atomic E-state index is 0.845. The van der Waals surface area contributed by atoms with Crippen molar-refractivity contribution < 1.29 is 4.74 Å². The third-order valence-electron chi connectivity index (χ3n) is 3.15. The van der Waals surface area contributed by atoms with Gasteiger partial charge in [-0.2, -0.15) is 0 Å². The number of aromatic nitrogens is 2. The van der Waals surface area contributed by atoms with E-state index in [0.29, 0.717) is 0 Å². The van der Waals surface area contributed by atoms with Crippen LogP contribution in [-0.4, -0.2) is 17.1 Å². The molecule has 3 nitrogen and oxygen atoms in total. The number of fused-ring (bicyclic) bond motifs is 1. The van der Waals surface area contributed by atoms with E-state index in [1.807, 2.05) is 31.3 Å². The van der Waals surface area contributed by atoms with E-state index in [4.69, 9.17) is 4.74 Å². The van der Waals surface area contributed by atoms with E-state index in [2.05, 4.69) is 28.2 Å². The van der Waals surface area contributed by atoms with Crippen LogP contribution in [0.3, 0.4) is 0 Å². The van der Waals surface area contributed by atoms with Gasteiger partial charge in [0.05, 0.1) is 12.6 Å². The predicted octanol–water partition coefficient (Wildman–Crippen LogP) is 3.61. The fourth-order valence-corrected chi connectivity index (χ4v) is 2.20. The van der Waals surface area contributed by atoms with Crippen molar-refractivity contribution in [3.8, 4) is 16.9 Å². The highest BCUT2D eigenvalue weighted by molar-refractivity contribution is 5.89. The molecule has 3 rings (SSSR count). The lowest BCUT2D eigenvalue weighted by atomic mass is 10.0. The Hall–Kier alpha value is -2.42. The summed E-state index contributed by atoms with van der Waals surface area (Å²) in [4.78, 5) is 8.57. The van der Waals surface area contributed by atoms with E-state index in [1.54, 1.807) is 13.3 Å². The minimum Gasteiger partial charge on any atom is -0.496 e. The average Bonchev–Trinajstić information content (AvgIpc) is 2.46. The standard InChI is InChI=1S/C16H14N2O/c1-11-9-13(5-7-17-11)12-3-4-15-14(10-12)16(19-2)6-8-18-15/h3-10H,1-2H3. The summed E-state index contributed by atoms with van der Waals surface area (Å²) in [5.74, 6) is 0.845. The molecule has 0 fully saturated rings. The Morgan fingerprint density at radius 2 is 1.68 bits per heavy atom. The first-order valence-electron chi connectivity index (χ1n) is 6.14. The molecular formula is C16H14N2O. The van der Waals surface area contributed by atoms with E-state index in [-0.39, 0.29) is 0 Å². The van der Waals surface area contributed by atoms with Crippen molar-refractivity contribution in [1.29, 1.82) is 0 Å². The normalized spacial score (nSPS) is 10.6. The van der Waals surface area contributed by atoms with Gasteiger partial charge in [0.1, 0.15) is 5.75 Å². The maximum absolute atomic E-state index is 5.39. The molecule has 0 saturated heterocycles. The van der Waals surface area contributed by atoms with Gasteiger partial charge in [0.15, 0.2) is 0 Å². The first kappa shape index (κ1) is 11.7. The number of hydrogen-bond donors (Lipinski definition) is 0. The van der Waals surface area contributed by atoms with E-state index >= 15 is 0 Å². The summed E-state index contributed by atoms with van der Waals surface area (Å²) >= 11 is 0. The van der Waals surface area contributed by atoms with Crippen LogP contribution >= 0.6 is 0 Å². The number of rotatable bonds is 2. The van der Waals surface area contributed by atoms with Gasteiger partial charge in [0.2, 0.25) is 0 Å². The zero-order chi connectivity index (χ0) is 13.2. The van der Waals surface area contributed by atoms with E-state index in [0.717, 1.165) is 33.5 Å². The molecular weight excluding hydrogens is 236 g/mol. The van der Waals surface area contributed by atoms with Gasteiger partial charge < -0.3 is 4.74 Å².